The molecule has 0 bridgehead atoms. The van der Waals surface area contributed by atoms with Gasteiger partial charge in [-0.1, -0.05) is 66.7 Å². The standard InChI is InChI=1S/C29H25N3O4/c1-36-27(33)17-18-30-29(35)26-16-13-22(19-31-26)24-9-5-6-10-25(24)28(34)32-23-14-11-21(12-15-23)20-7-3-2-4-8-20/h2-16,19H,17-18H2,1H3,(H,30,35)(H,32,34). The highest BCUT2D eigenvalue weighted by molar-refractivity contribution is 6.08. The molecular weight excluding hydrogens is 454 g/mol. The van der Waals surface area contributed by atoms with Gasteiger partial charge in [0, 0.05) is 29.6 Å². The van der Waals surface area contributed by atoms with E-state index in [2.05, 4.69) is 20.4 Å². The summed E-state index contributed by atoms with van der Waals surface area (Å²) in [6.07, 6.45) is 1.63. The maximum atomic E-state index is 13.1. The van der Waals surface area contributed by atoms with E-state index in [0.29, 0.717) is 22.4 Å². The molecule has 180 valence electrons. The summed E-state index contributed by atoms with van der Waals surface area (Å²) < 4.78 is 4.56. The lowest BCUT2D eigenvalue weighted by molar-refractivity contribution is -0.140. The summed E-state index contributed by atoms with van der Waals surface area (Å²) in [5, 5.41) is 5.58. The Kier molecular flexibility index (Phi) is 7.83. The number of esters is 1. The summed E-state index contributed by atoms with van der Waals surface area (Å²) in [5.41, 5.74) is 4.95. The molecule has 0 unspecified atom stereocenters. The fraction of sp³-hybridized carbons (Fsp3) is 0.103. The molecule has 36 heavy (non-hydrogen) atoms. The second-order valence-electron chi connectivity index (χ2n) is 7.96. The Morgan fingerprint density at radius 3 is 2.11 bits per heavy atom. The lowest BCUT2D eigenvalue weighted by Crippen LogP contribution is -2.27. The lowest BCUT2D eigenvalue weighted by Gasteiger charge is -2.11. The molecule has 4 aromatic rings. The molecule has 3 aromatic carbocycles. The van der Waals surface area contributed by atoms with Crippen molar-refractivity contribution >= 4 is 23.5 Å². The number of anilines is 1. The van der Waals surface area contributed by atoms with Crippen molar-refractivity contribution in [1.29, 1.82) is 0 Å². The van der Waals surface area contributed by atoms with Crippen LogP contribution < -0.4 is 10.6 Å². The molecule has 0 saturated heterocycles. The quantitative estimate of drug-likeness (QED) is 0.348. The minimum Gasteiger partial charge on any atom is -0.469 e. The number of hydrogen-bond acceptors (Lipinski definition) is 5. The average molecular weight is 480 g/mol. The van der Waals surface area contributed by atoms with Gasteiger partial charge < -0.3 is 15.4 Å². The lowest BCUT2D eigenvalue weighted by atomic mass is 10.00. The van der Waals surface area contributed by atoms with Crippen LogP contribution in [0, 0.1) is 0 Å². The third kappa shape index (κ3) is 6.01. The van der Waals surface area contributed by atoms with E-state index >= 15 is 0 Å². The molecule has 0 spiro atoms. The molecule has 0 aliphatic rings. The van der Waals surface area contributed by atoms with E-state index in [0.717, 1.165) is 11.1 Å². The van der Waals surface area contributed by atoms with Crippen LogP contribution in [0.25, 0.3) is 22.3 Å². The number of amides is 2. The number of methoxy groups -OCH3 is 1. The van der Waals surface area contributed by atoms with E-state index in [1.54, 1.807) is 30.5 Å². The molecular formula is C29H25N3O4. The zero-order valence-corrected chi connectivity index (χ0v) is 19.7. The number of aromatic nitrogens is 1. The molecule has 2 amide bonds. The van der Waals surface area contributed by atoms with Crippen LogP contribution in [-0.2, 0) is 9.53 Å². The smallest absolute Gasteiger partial charge is 0.307 e. The van der Waals surface area contributed by atoms with Crippen molar-refractivity contribution in [2.75, 3.05) is 19.0 Å². The maximum Gasteiger partial charge on any atom is 0.307 e. The zero-order chi connectivity index (χ0) is 25.3. The number of carbonyl (C=O) groups is 3. The third-order valence-corrected chi connectivity index (χ3v) is 5.57. The zero-order valence-electron chi connectivity index (χ0n) is 19.7. The second kappa shape index (κ2) is 11.6. The van der Waals surface area contributed by atoms with Crippen LogP contribution in [-0.4, -0.2) is 36.4 Å². The maximum absolute atomic E-state index is 13.1. The van der Waals surface area contributed by atoms with Gasteiger partial charge in [0.25, 0.3) is 11.8 Å². The number of rotatable bonds is 8. The molecule has 4 rings (SSSR count). The number of carbonyl (C=O) groups excluding carboxylic acids is 3. The molecule has 0 saturated carbocycles. The predicted molar refractivity (Wildman–Crippen MR) is 138 cm³/mol. The molecule has 0 fully saturated rings. The van der Waals surface area contributed by atoms with Gasteiger partial charge in [-0.05, 0) is 41.0 Å². The van der Waals surface area contributed by atoms with Crippen LogP contribution in [0.15, 0.2) is 97.2 Å². The van der Waals surface area contributed by atoms with Crippen molar-refractivity contribution in [2.45, 2.75) is 6.42 Å². The molecule has 0 radical (unpaired) electrons. The van der Waals surface area contributed by atoms with Gasteiger partial charge in [-0.15, -0.1) is 0 Å². The van der Waals surface area contributed by atoms with Crippen molar-refractivity contribution < 1.29 is 19.1 Å². The number of hydrogen-bond donors (Lipinski definition) is 2. The average Bonchev–Trinajstić information content (AvgIpc) is 2.94. The van der Waals surface area contributed by atoms with Gasteiger partial charge in [0.2, 0.25) is 0 Å². The summed E-state index contributed by atoms with van der Waals surface area (Å²) in [6.45, 7) is 0.157. The summed E-state index contributed by atoms with van der Waals surface area (Å²) in [6, 6.07) is 28.2. The first-order chi connectivity index (χ1) is 17.5. The van der Waals surface area contributed by atoms with Crippen LogP contribution in [0.4, 0.5) is 5.69 Å². The number of nitrogens with one attached hydrogen (secondary N) is 2. The van der Waals surface area contributed by atoms with E-state index in [1.807, 2.05) is 66.7 Å². The van der Waals surface area contributed by atoms with Gasteiger partial charge in [0.15, 0.2) is 0 Å². The van der Waals surface area contributed by atoms with Gasteiger partial charge in [0.05, 0.1) is 13.5 Å². The molecule has 2 N–H and O–H groups in total. The first-order valence-electron chi connectivity index (χ1n) is 11.4. The summed E-state index contributed by atoms with van der Waals surface area (Å²) >= 11 is 0. The third-order valence-electron chi connectivity index (χ3n) is 5.57. The SMILES string of the molecule is COC(=O)CCNC(=O)c1ccc(-c2ccccc2C(=O)Nc2ccc(-c3ccccc3)cc2)cn1. The van der Waals surface area contributed by atoms with Crippen LogP contribution >= 0.6 is 0 Å². The van der Waals surface area contributed by atoms with E-state index < -0.39 is 11.9 Å². The van der Waals surface area contributed by atoms with Crippen LogP contribution in [0.3, 0.4) is 0 Å². The largest absolute Gasteiger partial charge is 0.469 e. The van der Waals surface area contributed by atoms with Crippen LogP contribution in [0.2, 0.25) is 0 Å². The highest BCUT2D eigenvalue weighted by Gasteiger charge is 2.14. The predicted octanol–water partition coefficient (Wildman–Crippen LogP) is 4.96. The molecule has 0 aliphatic heterocycles. The molecule has 0 aliphatic carbocycles. The first-order valence-corrected chi connectivity index (χ1v) is 11.4. The number of pyridine rings is 1. The van der Waals surface area contributed by atoms with E-state index in [9.17, 15) is 14.4 Å². The number of benzene rings is 3. The Morgan fingerprint density at radius 2 is 1.42 bits per heavy atom. The molecule has 1 aromatic heterocycles. The fourth-order valence-electron chi connectivity index (χ4n) is 3.67. The minimum absolute atomic E-state index is 0.0811. The van der Waals surface area contributed by atoms with Gasteiger partial charge in [-0.25, -0.2) is 0 Å². The van der Waals surface area contributed by atoms with Gasteiger partial charge in [-0.3, -0.25) is 19.4 Å². The van der Waals surface area contributed by atoms with E-state index in [4.69, 9.17) is 0 Å². The molecule has 7 nitrogen and oxygen atoms in total. The van der Waals surface area contributed by atoms with Crippen molar-refractivity contribution in [3.63, 3.8) is 0 Å². The highest BCUT2D eigenvalue weighted by atomic mass is 16.5. The van der Waals surface area contributed by atoms with Crippen molar-refractivity contribution in [1.82, 2.24) is 10.3 Å². The molecule has 0 atom stereocenters. The molecule has 7 heteroatoms. The molecule has 1 heterocycles. The second-order valence-corrected chi connectivity index (χ2v) is 7.96. The summed E-state index contributed by atoms with van der Waals surface area (Å²) in [5.74, 6) is -1.04. The monoisotopic (exact) mass is 479 g/mol. The fourth-order valence-corrected chi connectivity index (χ4v) is 3.67. The number of nitrogens with zero attached hydrogens (tertiary/aromatic N) is 1. The Morgan fingerprint density at radius 1 is 0.750 bits per heavy atom. The number of ether oxygens (including phenoxy) is 1. The van der Waals surface area contributed by atoms with Gasteiger partial charge in [-0.2, -0.15) is 0 Å². The normalized spacial score (nSPS) is 10.4. The van der Waals surface area contributed by atoms with Crippen LogP contribution in [0.5, 0.6) is 0 Å². The Balaban J connectivity index is 1.45. The Labute approximate surface area is 209 Å². The Hall–Kier alpha value is -4.78. The summed E-state index contributed by atoms with van der Waals surface area (Å²) in [4.78, 5) is 40.8. The van der Waals surface area contributed by atoms with Crippen molar-refractivity contribution in [2.24, 2.45) is 0 Å². The highest BCUT2D eigenvalue weighted by Crippen LogP contribution is 2.25. The van der Waals surface area contributed by atoms with Crippen LogP contribution in [0.1, 0.15) is 27.3 Å². The topological polar surface area (TPSA) is 97.4 Å². The van der Waals surface area contributed by atoms with Crippen molar-refractivity contribution in [3.05, 3.63) is 108 Å². The summed E-state index contributed by atoms with van der Waals surface area (Å²) in [7, 11) is 1.30. The first kappa shape index (κ1) is 24.3. The van der Waals surface area contributed by atoms with Gasteiger partial charge in [0.1, 0.15) is 5.69 Å². The Bertz CT molecular complexity index is 1350. The van der Waals surface area contributed by atoms with Crippen molar-refractivity contribution in [3.8, 4) is 22.3 Å². The van der Waals surface area contributed by atoms with Gasteiger partial charge >= 0.3 is 5.97 Å². The minimum atomic E-state index is -0.402. The van der Waals surface area contributed by atoms with E-state index in [1.165, 1.54) is 7.11 Å². The van der Waals surface area contributed by atoms with E-state index in [-0.39, 0.29) is 24.6 Å².